The molecule has 0 radical (unpaired) electrons. The Kier molecular flexibility index (Phi) is 4.32. The highest BCUT2D eigenvalue weighted by Crippen LogP contribution is 2.29. The van der Waals surface area contributed by atoms with Crippen LogP contribution in [0.1, 0.15) is 12.0 Å². The predicted octanol–water partition coefficient (Wildman–Crippen LogP) is 2.05. The Hall–Kier alpha value is -2.18. The van der Waals surface area contributed by atoms with Crippen LogP contribution in [0.4, 0.5) is 5.95 Å². The van der Waals surface area contributed by atoms with Crippen molar-refractivity contribution in [2.75, 3.05) is 37.8 Å². The predicted molar refractivity (Wildman–Crippen MR) is 89.1 cm³/mol. The number of benzene rings is 1. The van der Waals surface area contributed by atoms with Crippen LogP contribution in [-0.2, 0) is 16.1 Å². The summed E-state index contributed by atoms with van der Waals surface area (Å²) < 4.78 is 17.3. The molecule has 1 unspecified atom stereocenters. The van der Waals surface area contributed by atoms with E-state index in [1.165, 1.54) is 0 Å². The molecular formula is C18H21N3O3. The largest absolute Gasteiger partial charge is 0.473 e. The smallest absolute Gasteiger partial charge is 0.228 e. The van der Waals surface area contributed by atoms with E-state index in [1.54, 1.807) is 12.3 Å². The molecule has 1 aromatic heterocycles. The Morgan fingerprint density at radius 1 is 1.17 bits per heavy atom. The fourth-order valence-corrected chi connectivity index (χ4v) is 3.14. The third-order valence-electron chi connectivity index (χ3n) is 4.45. The summed E-state index contributed by atoms with van der Waals surface area (Å²) in [6.45, 7) is 4.11. The van der Waals surface area contributed by atoms with Crippen LogP contribution in [0.3, 0.4) is 0 Å². The first kappa shape index (κ1) is 15.4. The SMILES string of the molecule is c1ccc(COc2ccnc(N3CCOC4(CCOC4)C3)n2)cc1. The minimum Gasteiger partial charge on any atom is -0.473 e. The van der Waals surface area contributed by atoms with Crippen LogP contribution in [0, 0.1) is 0 Å². The number of morpholine rings is 1. The van der Waals surface area contributed by atoms with E-state index in [0.717, 1.165) is 31.7 Å². The summed E-state index contributed by atoms with van der Waals surface area (Å²) in [6, 6.07) is 11.9. The maximum absolute atomic E-state index is 5.96. The Bertz CT molecular complexity index is 674. The van der Waals surface area contributed by atoms with Gasteiger partial charge in [-0.1, -0.05) is 30.3 Å². The molecule has 2 aliphatic rings. The fraction of sp³-hybridized carbons (Fsp3) is 0.444. The molecule has 24 heavy (non-hydrogen) atoms. The molecule has 2 aliphatic heterocycles. The van der Waals surface area contributed by atoms with Crippen molar-refractivity contribution in [2.45, 2.75) is 18.6 Å². The van der Waals surface area contributed by atoms with E-state index in [0.29, 0.717) is 31.6 Å². The van der Waals surface area contributed by atoms with Gasteiger partial charge >= 0.3 is 0 Å². The van der Waals surface area contributed by atoms with Gasteiger partial charge in [0.1, 0.15) is 12.2 Å². The first-order chi connectivity index (χ1) is 11.8. The lowest BCUT2D eigenvalue weighted by molar-refractivity contribution is -0.0583. The molecule has 1 aromatic carbocycles. The molecule has 0 amide bonds. The maximum atomic E-state index is 5.96. The number of aromatic nitrogens is 2. The first-order valence-electron chi connectivity index (χ1n) is 8.29. The van der Waals surface area contributed by atoms with Gasteiger partial charge in [0, 0.05) is 31.8 Å². The second kappa shape index (κ2) is 6.75. The van der Waals surface area contributed by atoms with Crippen LogP contribution in [0.15, 0.2) is 42.6 Å². The van der Waals surface area contributed by atoms with Gasteiger partial charge in [0.05, 0.1) is 19.8 Å². The molecule has 1 spiro atoms. The van der Waals surface area contributed by atoms with Crippen LogP contribution in [0.25, 0.3) is 0 Å². The minimum atomic E-state index is -0.206. The van der Waals surface area contributed by atoms with Gasteiger partial charge in [0.25, 0.3) is 0 Å². The molecule has 2 fully saturated rings. The van der Waals surface area contributed by atoms with E-state index < -0.39 is 0 Å². The molecule has 6 heteroatoms. The highest BCUT2D eigenvalue weighted by Gasteiger charge is 2.41. The molecule has 2 saturated heterocycles. The standard InChI is InChI=1S/C18H21N3O3/c1-2-4-15(5-3-1)12-23-16-6-8-19-17(20-16)21-9-11-24-18(13-21)7-10-22-14-18/h1-6,8H,7,9-14H2. The third kappa shape index (κ3) is 3.34. The summed E-state index contributed by atoms with van der Waals surface area (Å²) in [5, 5.41) is 0. The van der Waals surface area contributed by atoms with Crippen molar-refractivity contribution in [3.63, 3.8) is 0 Å². The summed E-state index contributed by atoms with van der Waals surface area (Å²) >= 11 is 0. The van der Waals surface area contributed by atoms with Crippen LogP contribution in [0.5, 0.6) is 5.88 Å². The van der Waals surface area contributed by atoms with Gasteiger partial charge < -0.3 is 19.1 Å². The molecule has 126 valence electrons. The average molecular weight is 327 g/mol. The van der Waals surface area contributed by atoms with Gasteiger partial charge in [-0.05, 0) is 5.56 Å². The van der Waals surface area contributed by atoms with Crippen molar-refractivity contribution in [1.29, 1.82) is 0 Å². The van der Waals surface area contributed by atoms with Crippen LogP contribution in [0.2, 0.25) is 0 Å². The number of hydrogen-bond acceptors (Lipinski definition) is 6. The Balaban J connectivity index is 1.44. The quantitative estimate of drug-likeness (QED) is 0.857. The second-order valence-corrected chi connectivity index (χ2v) is 6.22. The fourth-order valence-electron chi connectivity index (χ4n) is 3.14. The lowest BCUT2D eigenvalue weighted by Gasteiger charge is -2.39. The maximum Gasteiger partial charge on any atom is 0.228 e. The van der Waals surface area contributed by atoms with Gasteiger partial charge in [-0.15, -0.1) is 0 Å². The first-order valence-corrected chi connectivity index (χ1v) is 8.29. The number of ether oxygens (including phenoxy) is 3. The zero-order valence-electron chi connectivity index (χ0n) is 13.6. The van der Waals surface area contributed by atoms with Crippen molar-refractivity contribution in [2.24, 2.45) is 0 Å². The van der Waals surface area contributed by atoms with Crippen LogP contribution in [-0.4, -0.2) is 48.5 Å². The van der Waals surface area contributed by atoms with Crippen molar-refractivity contribution in [1.82, 2.24) is 9.97 Å². The van der Waals surface area contributed by atoms with E-state index in [1.807, 2.05) is 30.3 Å². The average Bonchev–Trinajstić information content (AvgIpc) is 3.09. The van der Waals surface area contributed by atoms with Crippen molar-refractivity contribution >= 4 is 5.95 Å². The van der Waals surface area contributed by atoms with Crippen LogP contribution >= 0.6 is 0 Å². The monoisotopic (exact) mass is 327 g/mol. The molecule has 3 heterocycles. The summed E-state index contributed by atoms with van der Waals surface area (Å²) in [7, 11) is 0. The van der Waals surface area contributed by atoms with Crippen LogP contribution < -0.4 is 9.64 Å². The van der Waals surface area contributed by atoms with Gasteiger partial charge in [-0.3, -0.25) is 0 Å². The lowest BCUT2D eigenvalue weighted by Crippen LogP contribution is -2.53. The van der Waals surface area contributed by atoms with E-state index in [-0.39, 0.29) is 5.60 Å². The molecule has 0 saturated carbocycles. The number of nitrogens with zero attached hydrogens (tertiary/aromatic N) is 3. The van der Waals surface area contributed by atoms with Gasteiger partial charge in [-0.2, -0.15) is 4.98 Å². The normalized spacial score (nSPS) is 23.6. The van der Waals surface area contributed by atoms with Crippen molar-refractivity contribution < 1.29 is 14.2 Å². The molecule has 4 rings (SSSR count). The summed E-state index contributed by atoms with van der Waals surface area (Å²) in [6.07, 6.45) is 2.67. The van der Waals surface area contributed by atoms with E-state index in [9.17, 15) is 0 Å². The molecule has 1 atom stereocenters. The lowest BCUT2D eigenvalue weighted by atomic mass is 10.0. The molecule has 0 aliphatic carbocycles. The van der Waals surface area contributed by atoms with E-state index in [4.69, 9.17) is 14.2 Å². The second-order valence-electron chi connectivity index (χ2n) is 6.22. The minimum absolute atomic E-state index is 0.206. The van der Waals surface area contributed by atoms with Gasteiger partial charge in [0.15, 0.2) is 0 Å². The topological polar surface area (TPSA) is 56.7 Å². The number of anilines is 1. The number of hydrogen-bond donors (Lipinski definition) is 0. The zero-order valence-corrected chi connectivity index (χ0v) is 13.6. The molecule has 0 N–H and O–H groups in total. The van der Waals surface area contributed by atoms with Crippen molar-refractivity contribution in [3.8, 4) is 5.88 Å². The summed E-state index contributed by atoms with van der Waals surface area (Å²) in [5.41, 5.74) is 0.911. The molecular weight excluding hydrogens is 306 g/mol. The molecule has 6 nitrogen and oxygen atoms in total. The Morgan fingerprint density at radius 2 is 2.08 bits per heavy atom. The summed E-state index contributed by atoms with van der Waals surface area (Å²) in [5.74, 6) is 1.28. The Morgan fingerprint density at radius 3 is 2.92 bits per heavy atom. The van der Waals surface area contributed by atoms with E-state index >= 15 is 0 Å². The van der Waals surface area contributed by atoms with Gasteiger partial charge in [0.2, 0.25) is 11.8 Å². The Labute approximate surface area is 141 Å². The number of rotatable bonds is 4. The van der Waals surface area contributed by atoms with E-state index in [2.05, 4.69) is 14.9 Å². The highest BCUT2D eigenvalue weighted by atomic mass is 16.6. The third-order valence-corrected chi connectivity index (χ3v) is 4.45. The molecule has 2 aromatic rings. The zero-order chi connectivity index (χ0) is 16.2. The highest BCUT2D eigenvalue weighted by molar-refractivity contribution is 5.34. The molecule has 0 bridgehead atoms. The van der Waals surface area contributed by atoms with Gasteiger partial charge in [-0.25, -0.2) is 4.98 Å². The van der Waals surface area contributed by atoms with Crippen molar-refractivity contribution in [3.05, 3.63) is 48.2 Å². The summed E-state index contributed by atoms with van der Waals surface area (Å²) in [4.78, 5) is 11.1.